The molecule has 1 heterocycles. The second-order valence-corrected chi connectivity index (χ2v) is 4.40. The summed E-state index contributed by atoms with van der Waals surface area (Å²) in [6.07, 6.45) is 1.39. The molecule has 2 rings (SSSR count). The normalized spacial score (nSPS) is 9.80. The van der Waals surface area contributed by atoms with Gasteiger partial charge in [0.15, 0.2) is 0 Å². The molecule has 0 aliphatic carbocycles. The maximum atomic E-state index is 12.2. The number of nitriles is 1. The van der Waals surface area contributed by atoms with Crippen LogP contribution < -0.4 is 5.73 Å². The third kappa shape index (κ3) is 2.93. The van der Waals surface area contributed by atoms with Gasteiger partial charge in [-0.1, -0.05) is 18.2 Å². The number of benzene rings is 1. The monoisotopic (exact) mass is 266 g/mol. The van der Waals surface area contributed by atoms with Crippen molar-refractivity contribution in [3.8, 4) is 6.07 Å². The topological polar surface area (TPSA) is 83.0 Å². The number of rotatable bonds is 3. The van der Waals surface area contributed by atoms with Crippen LogP contribution in [0.5, 0.6) is 0 Å². The summed E-state index contributed by atoms with van der Waals surface area (Å²) in [7, 11) is 1.69. The minimum Gasteiger partial charge on any atom is -0.398 e. The van der Waals surface area contributed by atoms with Gasteiger partial charge in [0.05, 0.1) is 5.56 Å². The Morgan fingerprint density at radius 1 is 1.35 bits per heavy atom. The first-order chi connectivity index (χ1) is 9.61. The first-order valence-electron chi connectivity index (χ1n) is 6.07. The molecule has 0 aliphatic rings. The molecule has 0 atom stereocenters. The van der Waals surface area contributed by atoms with Crippen LogP contribution in [0, 0.1) is 11.3 Å². The van der Waals surface area contributed by atoms with Crippen LogP contribution >= 0.6 is 0 Å². The van der Waals surface area contributed by atoms with Crippen LogP contribution in [0.3, 0.4) is 0 Å². The standard InChI is InChI=1S/C15H14N4O/c1-19(10-12-4-2-3-5-13(12)17)15(20)14-7-6-11(8-16)9-18-14/h2-7,9H,10,17H2,1H3. The lowest BCUT2D eigenvalue weighted by molar-refractivity contribution is 0.0779. The number of carbonyl (C=O) groups excluding carboxylic acids is 1. The highest BCUT2D eigenvalue weighted by molar-refractivity contribution is 5.92. The number of para-hydroxylation sites is 1. The molecular formula is C15H14N4O. The Balaban J connectivity index is 2.12. The molecule has 0 unspecified atom stereocenters. The number of aromatic nitrogens is 1. The van der Waals surface area contributed by atoms with Crippen molar-refractivity contribution in [2.24, 2.45) is 0 Å². The number of nitrogens with zero attached hydrogens (tertiary/aromatic N) is 3. The zero-order valence-electron chi connectivity index (χ0n) is 11.1. The predicted octanol–water partition coefficient (Wildman–Crippen LogP) is 1.81. The molecule has 100 valence electrons. The summed E-state index contributed by atoms with van der Waals surface area (Å²) in [5.74, 6) is -0.210. The van der Waals surface area contributed by atoms with Crippen molar-refractivity contribution >= 4 is 11.6 Å². The first kappa shape index (κ1) is 13.6. The maximum absolute atomic E-state index is 12.2. The van der Waals surface area contributed by atoms with E-state index in [1.165, 1.54) is 6.20 Å². The van der Waals surface area contributed by atoms with Gasteiger partial charge >= 0.3 is 0 Å². The highest BCUT2D eigenvalue weighted by atomic mass is 16.2. The fourth-order valence-electron chi connectivity index (χ4n) is 1.79. The van der Waals surface area contributed by atoms with Gasteiger partial charge in [-0.25, -0.2) is 4.98 Å². The quantitative estimate of drug-likeness (QED) is 0.859. The smallest absolute Gasteiger partial charge is 0.272 e. The average molecular weight is 266 g/mol. The molecule has 1 amide bonds. The predicted molar refractivity (Wildman–Crippen MR) is 75.6 cm³/mol. The molecule has 0 bridgehead atoms. The van der Waals surface area contributed by atoms with Crippen LogP contribution in [-0.4, -0.2) is 22.8 Å². The molecule has 5 nitrogen and oxygen atoms in total. The van der Waals surface area contributed by atoms with Crippen molar-refractivity contribution in [2.45, 2.75) is 6.54 Å². The Morgan fingerprint density at radius 3 is 2.70 bits per heavy atom. The van der Waals surface area contributed by atoms with Crippen LogP contribution in [0.1, 0.15) is 21.6 Å². The van der Waals surface area contributed by atoms with E-state index in [2.05, 4.69) is 4.98 Å². The SMILES string of the molecule is CN(Cc1ccccc1N)C(=O)c1ccc(C#N)cn1. The molecule has 1 aromatic heterocycles. The Kier molecular flexibility index (Phi) is 3.96. The third-order valence-electron chi connectivity index (χ3n) is 2.92. The van der Waals surface area contributed by atoms with E-state index in [4.69, 9.17) is 11.0 Å². The number of hydrogen-bond acceptors (Lipinski definition) is 4. The zero-order chi connectivity index (χ0) is 14.5. The zero-order valence-corrected chi connectivity index (χ0v) is 11.1. The molecule has 0 fully saturated rings. The van der Waals surface area contributed by atoms with E-state index in [1.54, 1.807) is 30.1 Å². The second-order valence-electron chi connectivity index (χ2n) is 4.40. The molecule has 20 heavy (non-hydrogen) atoms. The average Bonchev–Trinajstić information content (AvgIpc) is 2.49. The number of hydrogen-bond donors (Lipinski definition) is 1. The van der Waals surface area contributed by atoms with Gasteiger partial charge in [0.1, 0.15) is 11.8 Å². The minimum atomic E-state index is -0.210. The van der Waals surface area contributed by atoms with Crippen molar-refractivity contribution in [2.75, 3.05) is 12.8 Å². The first-order valence-corrected chi connectivity index (χ1v) is 6.07. The van der Waals surface area contributed by atoms with Gasteiger partial charge in [-0.15, -0.1) is 0 Å². The molecule has 0 saturated heterocycles. The molecule has 0 saturated carbocycles. The number of carbonyl (C=O) groups is 1. The summed E-state index contributed by atoms with van der Waals surface area (Å²) in [6, 6.07) is 12.5. The van der Waals surface area contributed by atoms with E-state index in [0.717, 1.165) is 5.56 Å². The van der Waals surface area contributed by atoms with Crippen molar-refractivity contribution in [3.63, 3.8) is 0 Å². The van der Waals surface area contributed by atoms with E-state index in [9.17, 15) is 4.79 Å². The Morgan fingerprint density at radius 2 is 2.10 bits per heavy atom. The van der Waals surface area contributed by atoms with E-state index in [1.807, 2.05) is 24.3 Å². The van der Waals surface area contributed by atoms with Gasteiger partial charge in [0, 0.05) is 25.5 Å². The van der Waals surface area contributed by atoms with Gasteiger partial charge in [-0.2, -0.15) is 5.26 Å². The Bertz CT molecular complexity index is 658. The number of amides is 1. The summed E-state index contributed by atoms with van der Waals surface area (Å²) < 4.78 is 0. The Labute approximate surface area is 117 Å². The van der Waals surface area contributed by atoms with Gasteiger partial charge in [0.2, 0.25) is 0 Å². The molecule has 0 spiro atoms. The molecule has 0 radical (unpaired) electrons. The number of pyridine rings is 1. The number of nitrogens with two attached hydrogens (primary N) is 1. The van der Waals surface area contributed by atoms with Crippen LogP contribution in [-0.2, 0) is 6.54 Å². The molecule has 1 aromatic carbocycles. The van der Waals surface area contributed by atoms with Gasteiger partial charge in [0.25, 0.3) is 5.91 Å². The largest absolute Gasteiger partial charge is 0.398 e. The maximum Gasteiger partial charge on any atom is 0.272 e. The summed E-state index contributed by atoms with van der Waals surface area (Å²) >= 11 is 0. The lowest BCUT2D eigenvalue weighted by Gasteiger charge is -2.17. The molecule has 5 heteroatoms. The third-order valence-corrected chi connectivity index (χ3v) is 2.92. The fourth-order valence-corrected chi connectivity index (χ4v) is 1.79. The van der Waals surface area contributed by atoms with Gasteiger partial charge in [-0.05, 0) is 23.8 Å². The summed E-state index contributed by atoms with van der Waals surface area (Å²) in [5, 5.41) is 8.70. The van der Waals surface area contributed by atoms with E-state index in [0.29, 0.717) is 23.5 Å². The van der Waals surface area contributed by atoms with Crippen LogP contribution in [0.4, 0.5) is 5.69 Å². The molecule has 2 aromatic rings. The van der Waals surface area contributed by atoms with E-state index >= 15 is 0 Å². The van der Waals surface area contributed by atoms with Crippen LogP contribution in [0.25, 0.3) is 0 Å². The lowest BCUT2D eigenvalue weighted by atomic mass is 10.1. The van der Waals surface area contributed by atoms with Crippen molar-refractivity contribution in [1.82, 2.24) is 9.88 Å². The molecule has 2 N–H and O–H groups in total. The summed E-state index contributed by atoms with van der Waals surface area (Å²) in [4.78, 5) is 17.7. The second kappa shape index (κ2) is 5.85. The highest BCUT2D eigenvalue weighted by Gasteiger charge is 2.14. The summed E-state index contributed by atoms with van der Waals surface area (Å²) in [5.41, 5.74) is 8.13. The fraction of sp³-hybridized carbons (Fsp3) is 0.133. The Hall–Kier alpha value is -2.87. The minimum absolute atomic E-state index is 0.210. The van der Waals surface area contributed by atoms with Gasteiger partial charge in [-0.3, -0.25) is 4.79 Å². The summed E-state index contributed by atoms with van der Waals surface area (Å²) in [6.45, 7) is 0.410. The lowest BCUT2D eigenvalue weighted by Crippen LogP contribution is -2.27. The van der Waals surface area contributed by atoms with Crippen molar-refractivity contribution < 1.29 is 4.79 Å². The van der Waals surface area contributed by atoms with Crippen LogP contribution in [0.15, 0.2) is 42.6 Å². The van der Waals surface area contributed by atoms with E-state index < -0.39 is 0 Å². The van der Waals surface area contributed by atoms with Gasteiger partial charge < -0.3 is 10.6 Å². The highest BCUT2D eigenvalue weighted by Crippen LogP contribution is 2.14. The number of nitrogen functional groups attached to an aromatic ring is 1. The molecule has 0 aliphatic heterocycles. The van der Waals surface area contributed by atoms with Crippen molar-refractivity contribution in [3.05, 3.63) is 59.4 Å². The number of anilines is 1. The van der Waals surface area contributed by atoms with Crippen LogP contribution in [0.2, 0.25) is 0 Å². The van der Waals surface area contributed by atoms with Crippen molar-refractivity contribution in [1.29, 1.82) is 5.26 Å². The molecular weight excluding hydrogens is 252 g/mol. The van der Waals surface area contributed by atoms with E-state index in [-0.39, 0.29) is 5.91 Å².